The van der Waals surface area contributed by atoms with Crippen molar-refractivity contribution in [3.05, 3.63) is 0 Å². The van der Waals surface area contributed by atoms with Crippen LogP contribution in [-0.2, 0) is 0 Å². The lowest BCUT2D eigenvalue weighted by Gasteiger charge is -2.37. The third-order valence-electron chi connectivity index (χ3n) is 2.13. The molecule has 0 aromatic carbocycles. The van der Waals surface area contributed by atoms with Crippen LogP contribution in [0.1, 0.15) is 19.3 Å². The highest BCUT2D eigenvalue weighted by molar-refractivity contribution is 4.89. The monoisotopic (exact) mass is 165 g/mol. The lowest BCUT2D eigenvalue weighted by atomic mass is 9.77. The molecule has 0 amide bonds. The van der Waals surface area contributed by atoms with E-state index in [-0.39, 0.29) is 18.8 Å². The Kier molecular flexibility index (Phi) is 2.44. The Balaban J connectivity index is 2.21. The van der Waals surface area contributed by atoms with Gasteiger partial charge in [-0.15, -0.1) is 0 Å². The smallest absolute Gasteiger partial charge is 0.248 e. The highest BCUT2D eigenvalue weighted by Gasteiger charge is 2.47. The van der Waals surface area contributed by atoms with Crippen LogP contribution in [0.3, 0.4) is 0 Å². The second-order valence-corrected chi connectivity index (χ2v) is 3.17. The van der Waals surface area contributed by atoms with E-state index in [1.807, 2.05) is 0 Å². The molecule has 0 aromatic rings. The predicted octanol–water partition coefficient (Wildman–Crippen LogP) is 0.741. The topological polar surface area (TPSA) is 46.2 Å². The Hall–Kier alpha value is -0.220. The van der Waals surface area contributed by atoms with Crippen LogP contribution in [0, 0.1) is 5.92 Å². The van der Waals surface area contributed by atoms with E-state index >= 15 is 0 Å². The van der Waals surface area contributed by atoms with E-state index in [1.165, 1.54) is 0 Å². The molecule has 0 bridgehead atoms. The molecule has 0 unspecified atom stereocenters. The normalized spacial score (nSPS) is 26.2. The molecule has 0 aliphatic heterocycles. The highest BCUT2D eigenvalue weighted by Crippen LogP contribution is 2.44. The number of hydrogen-bond acceptors (Lipinski definition) is 2. The lowest BCUT2D eigenvalue weighted by Crippen LogP contribution is -2.42. The average Bonchev–Trinajstić information content (AvgIpc) is 1.83. The summed E-state index contributed by atoms with van der Waals surface area (Å²) in [6.07, 6.45) is -0.539. The first-order valence-corrected chi connectivity index (χ1v) is 3.81. The molecule has 66 valence electrons. The van der Waals surface area contributed by atoms with Gasteiger partial charge in [-0.25, -0.2) is 8.78 Å². The van der Waals surface area contributed by atoms with Crippen molar-refractivity contribution < 1.29 is 13.9 Å². The zero-order valence-electron chi connectivity index (χ0n) is 6.26. The van der Waals surface area contributed by atoms with Crippen molar-refractivity contribution in [3.63, 3.8) is 0 Å². The van der Waals surface area contributed by atoms with Gasteiger partial charge in [-0.05, 0) is 18.9 Å². The summed E-state index contributed by atoms with van der Waals surface area (Å²) in [4.78, 5) is 0. The molecule has 3 N–H and O–H groups in total. The molecular formula is C7H13F2NO. The fraction of sp³-hybridized carbons (Fsp3) is 1.00. The molecule has 0 saturated heterocycles. The van der Waals surface area contributed by atoms with Crippen molar-refractivity contribution in [2.24, 2.45) is 11.7 Å². The molecule has 1 fully saturated rings. The number of hydrogen-bond donors (Lipinski definition) is 2. The largest absolute Gasteiger partial charge is 0.393 e. The highest BCUT2D eigenvalue weighted by atomic mass is 19.3. The average molecular weight is 165 g/mol. The van der Waals surface area contributed by atoms with E-state index in [0.29, 0.717) is 13.0 Å². The Labute approximate surface area is 64.4 Å². The van der Waals surface area contributed by atoms with Crippen LogP contribution in [0.25, 0.3) is 0 Å². The second kappa shape index (κ2) is 3.03. The molecule has 1 saturated carbocycles. The molecular weight excluding hydrogens is 152 g/mol. The Morgan fingerprint density at radius 3 is 2.45 bits per heavy atom. The van der Waals surface area contributed by atoms with Gasteiger partial charge in [0, 0.05) is 12.8 Å². The Morgan fingerprint density at radius 1 is 1.55 bits per heavy atom. The molecule has 0 heterocycles. The molecule has 0 aromatic heterocycles. The molecule has 2 nitrogen and oxygen atoms in total. The number of nitrogens with two attached hydrogens (primary N) is 1. The summed E-state index contributed by atoms with van der Waals surface area (Å²) >= 11 is 0. The third-order valence-corrected chi connectivity index (χ3v) is 2.13. The van der Waals surface area contributed by atoms with Crippen molar-refractivity contribution in [3.8, 4) is 0 Å². The summed E-state index contributed by atoms with van der Waals surface area (Å²) in [5, 5.41) is 9.19. The van der Waals surface area contributed by atoms with Crippen LogP contribution < -0.4 is 5.73 Å². The van der Waals surface area contributed by atoms with Crippen molar-refractivity contribution in [2.45, 2.75) is 31.3 Å². The van der Waals surface area contributed by atoms with Crippen LogP contribution in [-0.4, -0.2) is 23.7 Å². The fourth-order valence-corrected chi connectivity index (χ4v) is 1.39. The van der Waals surface area contributed by atoms with Crippen LogP contribution in [0.2, 0.25) is 0 Å². The molecule has 0 radical (unpaired) electrons. The van der Waals surface area contributed by atoms with Gasteiger partial charge in [0.05, 0.1) is 6.10 Å². The van der Waals surface area contributed by atoms with Crippen molar-refractivity contribution in [2.75, 3.05) is 6.54 Å². The Bertz CT molecular complexity index is 132. The molecule has 1 aliphatic rings. The number of halogens is 2. The molecule has 1 rings (SSSR count). The van der Waals surface area contributed by atoms with Gasteiger partial charge in [0.2, 0.25) is 5.92 Å². The van der Waals surface area contributed by atoms with Gasteiger partial charge in [-0.1, -0.05) is 0 Å². The van der Waals surface area contributed by atoms with Crippen molar-refractivity contribution in [1.82, 2.24) is 0 Å². The van der Waals surface area contributed by atoms with E-state index in [2.05, 4.69) is 0 Å². The molecule has 1 atom stereocenters. The van der Waals surface area contributed by atoms with Gasteiger partial charge in [-0.2, -0.15) is 0 Å². The number of aliphatic hydroxyl groups excluding tert-OH is 1. The van der Waals surface area contributed by atoms with E-state index in [0.717, 1.165) is 0 Å². The van der Waals surface area contributed by atoms with Crippen LogP contribution >= 0.6 is 0 Å². The SMILES string of the molecule is NCC[C@@H](O)C1CC(F)(F)C1. The Morgan fingerprint density at radius 2 is 2.09 bits per heavy atom. The number of rotatable bonds is 3. The molecule has 11 heavy (non-hydrogen) atoms. The van der Waals surface area contributed by atoms with Gasteiger partial charge in [-0.3, -0.25) is 0 Å². The van der Waals surface area contributed by atoms with Gasteiger partial charge in [0.1, 0.15) is 0 Å². The summed E-state index contributed by atoms with van der Waals surface area (Å²) in [6.45, 7) is 0.364. The quantitative estimate of drug-likeness (QED) is 0.648. The molecule has 1 aliphatic carbocycles. The maximum absolute atomic E-state index is 12.2. The summed E-state index contributed by atoms with van der Waals surface area (Å²) < 4.78 is 24.5. The lowest BCUT2D eigenvalue weighted by molar-refractivity contribution is -0.141. The van der Waals surface area contributed by atoms with Gasteiger partial charge >= 0.3 is 0 Å². The van der Waals surface area contributed by atoms with Crippen molar-refractivity contribution >= 4 is 0 Å². The maximum Gasteiger partial charge on any atom is 0.248 e. The van der Waals surface area contributed by atoms with Gasteiger partial charge < -0.3 is 10.8 Å². The number of aliphatic hydroxyl groups is 1. The predicted molar refractivity (Wildman–Crippen MR) is 37.3 cm³/mol. The van der Waals surface area contributed by atoms with Gasteiger partial charge in [0.25, 0.3) is 0 Å². The summed E-state index contributed by atoms with van der Waals surface area (Å²) in [5.41, 5.74) is 5.17. The minimum absolute atomic E-state index is 0.172. The van der Waals surface area contributed by atoms with E-state index < -0.39 is 12.0 Å². The minimum atomic E-state index is -2.53. The standard InChI is InChI=1S/C7H13F2NO/c8-7(9)3-5(4-7)6(11)1-2-10/h5-6,11H,1-4,10H2/t6-/m1/s1. The van der Waals surface area contributed by atoms with E-state index in [9.17, 15) is 13.9 Å². The third kappa shape index (κ3) is 2.10. The van der Waals surface area contributed by atoms with Crippen LogP contribution in [0.4, 0.5) is 8.78 Å². The summed E-state index contributed by atoms with van der Waals surface area (Å²) in [5.74, 6) is -2.76. The van der Waals surface area contributed by atoms with Crippen LogP contribution in [0.5, 0.6) is 0 Å². The van der Waals surface area contributed by atoms with Gasteiger partial charge in [0.15, 0.2) is 0 Å². The van der Waals surface area contributed by atoms with Crippen molar-refractivity contribution in [1.29, 1.82) is 0 Å². The van der Waals surface area contributed by atoms with E-state index in [1.54, 1.807) is 0 Å². The summed E-state index contributed by atoms with van der Waals surface area (Å²) in [7, 11) is 0. The van der Waals surface area contributed by atoms with Crippen LogP contribution in [0.15, 0.2) is 0 Å². The fourth-order valence-electron chi connectivity index (χ4n) is 1.39. The molecule has 4 heteroatoms. The first-order valence-electron chi connectivity index (χ1n) is 3.81. The molecule has 0 spiro atoms. The maximum atomic E-state index is 12.2. The zero-order chi connectivity index (χ0) is 8.48. The minimum Gasteiger partial charge on any atom is -0.393 e. The first kappa shape index (κ1) is 8.87. The number of alkyl halides is 2. The summed E-state index contributed by atoms with van der Waals surface area (Å²) in [6, 6.07) is 0. The second-order valence-electron chi connectivity index (χ2n) is 3.17. The zero-order valence-corrected chi connectivity index (χ0v) is 6.26. The van der Waals surface area contributed by atoms with E-state index in [4.69, 9.17) is 5.73 Å². The first-order chi connectivity index (χ1) is 5.05.